The average Bonchev–Trinajstić information content (AvgIpc) is 2.29. The van der Waals surface area contributed by atoms with E-state index in [1.165, 1.54) is 0 Å². The molecule has 0 heterocycles. The molecule has 0 bridgehead atoms. The summed E-state index contributed by atoms with van der Waals surface area (Å²) in [5, 5.41) is 0. The third-order valence-electron chi connectivity index (χ3n) is 2.94. The van der Waals surface area contributed by atoms with E-state index in [4.69, 9.17) is 0 Å². The first kappa shape index (κ1) is 21.2. The SMILES string of the molecule is CCCCC(F)(C(F)C(F)(C(F)(F)F)C(F)(F)F)C(F)(F)F. The smallest absolute Gasteiger partial charge is 0.239 e. The van der Waals surface area contributed by atoms with E-state index in [0.29, 0.717) is 0 Å². The van der Waals surface area contributed by atoms with Crippen LogP contribution in [-0.2, 0) is 0 Å². The minimum Gasteiger partial charge on any atom is -0.239 e. The van der Waals surface area contributed by atoms with E-state index >= 15 is 0 Å². The molecular formula is C10H10F12. The number of halogens is 12. The van der Waals surface area contributed by atoms with E-state index in [1.807, 2.05) is 0 Å². The van der Waals surface area contributed by atoms with E-state index in [9.17, 15) is 52.7 Å². The van der Waals surface area contributed by atoms with Crippen LogP contribution in [0.15, 0.2) is 0 Å². The zero-order valence-corrected chi connectivity index (χ0v) is 10.7. The fraction of sp³-hybridized carbons (Fsp3) is 1.00. The second-order valence-corrected chi connectivity index (χ2v) is 4.53. The van der Waals surface area contributed by atoms with Crippen molar-refractivity contribution in [3.8, 4) is 0 Å². The lowest BCUT2D eigenvalue weighted by Crippen LogP contribution is -2.68. The van der Waals surface area contributed by atoms with Crippen LogP contribution < -0.4 is 0 Å². The van der Waals surface area contributed by atoms with Gasteiger partial charge >= 0.3 is 24.2 Å². The number of unbranched alkanes of at least 4 members (excludes halogenated alkanes) is 1. The lowest BCUT2D eigenvalue weighted by molar-refractivity contribution is -0.383. The predicted octanol–water partition coefficient (Wildman–Crippen LogP) is 5.62. The van der Waals surface area contributed by atoms with Crippen molar-refractivity contribution in [2.45, 2.75) is 62.2 Å². The van der Waals surface area contributed by atoms with Gasteiger partial charge < -0.3 is 0 Å². The van der Waals surface area contributed by atoms with Crippen molar-refractivity contribution in [1.82, 2.24) is 0 Å². The van der Waals surface area contributed by atoms with Gasteiger partial charge in [-0.05, 0) is 6.42 Å². The number of rotatable bonds is 5. The molecule has 0 nitrogen and oxygen atoms in total. The topological polar surface area (TPSA) is 0 Å². The lowest BCUT2D eigenvalue weighted by Gasteiger charge is -2.40. The van der Waals surface area contributed by atoms with Gasteiger partial charge in [-0.2, -0.15) is 39.5 Å². The Labute approximate surface area is 116 Å². The molecule has 0 aromatic rings. The van der Waals surface area contributed by atoms with Gasteiger partial charge in [-0.1, -0.05) is 19.8 Å². The van der Waals surface area contributed by atoms with Crippen LogP contribution in [0.1, 0.15) is 26.2 Å². The molecule has 0 radical (unpaired) electrons. The fourth-order valence-electron chi connectivity index (χ4n) is 1.61. The summed E-state index contributed by atoms with van der Waals surface area (Å²) in [6.45, 7) is 1.13. The summed E-state index contributed by atoms with van der Waals surface area (Å²) in [4.78, 5) is 0. The Kier molecular flexibility index (Phi) is 5.76. The van der Waals surface area contributed by atoms with Gasteiger partial charge in [0.05, 0.1) is 0 Å². The average molecular weight is 358 g/mol. The van der Waals surface area contributed by atoms with Crippen molar-refractivity contribution in [1.29, 1.82) is 0 Å². The molecule has 134 valence electrons. The molecule has 0 aliphatic carbocycles. The molecular weight excluding hydrogens is 348 g/mol. The highest BCUT2D eigenvalue weighted by atomic mass is 19.4. The molecule has 22 heavy (non-hydrogen) atoms. The first-order chi connectivity index (χ1) is 9.47. The molecule has 0 spiro atoms. The highest BCUT2D eigenvalue weighted by Gasteiger charge is 2.83. The first-order valence-electron chi connectivity index (χ1n) is 5.69. The summed E-state index contributed by atoms with van der Waals surface area (Å²) in [6, 6.07) is 0. The largest absolute Gasteiger partial charge is 0.434 e. The standard InChI is InChI=1S/C10H10F12/c1-2-3-4-6(12,8(14,15)16)5(11)7(13,9(17,18)19)10(20,21)22/h5H,2-4H2,1H3. The van der Waals surface area contributed by atoms with Crippen LogP contribution in [0.25, 0.3) is 0 Å². The van der Waals surface area contributed by atoms with Gasteiger partial charge in [-0.25, -0.2) is 13.2 Å². The summed E-state index contributed by atoms with van der Waals surface area (Å²) in [5.41, 5.74) is -12.6. The van der Waals surface area contributed by atoms with Crippen molar-refractivity contribution in [2.24, 2.45) is 0 Å². The van der Waals surface area contributed by atoms with Crippen molar-refractivity contribution in [2.75, 3.05) is 0 Å². The van der Waals surface area contributed by atoms with Crippen LogP contribution in [-0.4, -0.2) is 36.0 Å². The lowest BCUT2D eigenvalue weighted by atomic mass is 9.82. The van der Waals surface area contributed by atoms with Gasteiger partial charge in [0.25, 0.3) is 0 Å². The van der Waals surface area contributed by atoms with E-state index in [0.717, 1.165) is 6.92 Å². The molecule has 2 atom stereocenters. The van der Waals surface area contributed by atoms with Gasteiger partial charge in [-0.15, -0.1) is 0 Å². The van der Waals surface area contributed by atoms with Crippen LogP contribution in [0, 0.1) is 0 Å². The molecule has 0 saturated heterocycles. The van der Waals surface area contributed by atoms with Crippen LogP contribution in [0.2, 0.25) is 0 Å². The van der Waals surface area contributed by atoms with E-state index in [2.05, 4.69) is 0 Å². The summed E-state index contributed by atoms with van der Waals surface area (Å²) in [5.74, 6) is 0. The maximum absolute atomic E-state index is 13.7. The van der Waals surface area contributed by atoms with Crippen molar-refractivity contribution < 1.29 is 52.7 Å². The summed E-state index contributed by atoms with van der Waals surface area (Å²) in [6.07, 6.45) is -29.5. The minimum absolute atomic E-state index is 0.300. The predicted molar refractivity (Wildman–Crippen MR) is 50.3 cm³/mol. The molecule has 0 saturated carbocycles. The first-order valence-corrected chi connectivity index (χ1v) is 5.69. The molecule has 2 unspecified atom stereocenters. The monoisotopic (exact) mass is 358 g/mol. The van der Waals surface area contributed by atoms with Crippen LogP contribution in [0.4, 0.5) is 52.7 Å². The minimum atomic E-state index is -7.13. The van der Waals surface area contributed by atoms with Crippen LogP contribution in [0.5, 0.6) is 0 Å². The van der Waals surface area contributed by atoms with Gasteiger partial charge in [0.2, 0.25) is 5.67 Å². The Morgan fingerprint density at radius 3 is 1.27 bits per heavy atom. The molecule has 0 aromatic carbocycles. The van der Waals surface area contributed by atoms with E-state index in [-0.39, 0.29) is 6.42 Å². The van der Waals surface area contributed by atoms with Gasteiger partial charge in [0.1, 0.15) is 0 Å². The summed E-state index contributed by atoms with van der Waals surface area (Å²) >= 11 is 0. The Balaban J connectivity index is 6.14. The van der Waals surface area contributed by atoms with Gasteiger partial charge in [0, 0.05) is 0 Å². The second-order valence-electron chi connectivity index (χ2n) is 4.53. The second kappa shape index (κ2) is 5.99. The molecule has 0 N–H and O–H groups in total. The summed E-state index contributed by atoms with van der Waals surface area (Å²) < 4.78 is 151. The highest BCUT2D eigenvalue weighted by Crippen LogP contribution is 2.56. The van der Waals surface area contributed by atoms with Gasteiger partial charge in [0.15, 0.2) is 6.17 Å². The van der Waals surface area contributed by atoms with Crippen LogP contribution in [0.3, 0.4) is 0 Å². The number of hydrogen-bond acceptors (Lipinski definition) is 0. The molecule has 0 rings (SSSR count). The Morgan fingerprint density at radius 2 is 1.05 bits per heavy atom. The van der Waals surface area contributed by atoms with Crippen molar-refractivity contribution in [3.63, 3.8) is 0 Å². The van der Waals surface area contributed by atoms with Crippen molar-refractivity contribution >= 4 is 0 Å². The molecule has 0 aromatic heterocycles. The van der Waals surface area contributed by atoms with E-state index < -0.39 is 48.9 Å². The molecule has 0 aliphatic rings. The molecule has 0 aliphatic heterocycles. The highest BCUT2D eigenvalue weighted by molar-refractivity contribution is 5.11. The molecule has 12 heteroatoms. The quantitative estimate of drug-likeness (QED) is 0.560. The number of hydrogen-bond donors (Lipinski definition) is 0. The fourth-order valence-corrected chi connectivity index (χ4v) is 1.61. The third-order valence-corrected chi connectivity index (χ3v) is 2.94. The maximum atomic E-state index is 13.7. The van der Waals surface area contributed by atoms with Crippen molar-refractivity contribution in [3.05, 3.63) is 0 Å². The zero-order chi connectivity index (χ0) is 18.2. The molecule has 0 amide bonds. The summed E-state index contributed by atoms with van der Waals surface area (Å²) in [7, 11) is 0. The maximum Gasteiger partial charge on any atom is 0.434 e. The normalized spacial score (nSPS) is 19.0. The zero-order valence-electron chi connectivity index (χ0n) is 10.7. The Hall–Kier alpha value is -0.840. The van der Waals surface area contributed by atoms with Gasteiger partial charge in [-0.3, -0.25) is 0 Å². The Morgan fingerprint density at radius 1 is 0.682 bits per heavy atom. The number of alkyl halides is 12. The third kappa shape index (κ3) is 3.39. The van der Waals surface area contributed by atoms with E-state index in [1.54, 1.807) is 0 Å². The van der Waals surface area contributed by atoms with Crippen LogP contribution >= 0.6 is 0 Å². The Bertz CT molecular complexity index is 350. The molecule has 0 fully saturated rings.